The molecule has 1 aliphatic rings. The molecule has 1 fully saturated rings. The molecule has 88 valence electrons. The topological polar surface area (TPSA) is 113 Å². The highest BCUT2D eigenvalue weighted by Gasteiger charge is 2.14. The predicted molar refractivity (Wildman–Crippen MR) is 53.1 cm³/mol. The Hall–Kier alpha value is -0.200. The van der Waals surface area contributed by atoms with E-state index in [9.17, 15) is 0 Å². The van der Waals surface area contributed by atoms with Crippen LogP contribution in [0.1, 0.15) is 32.1 Å². The van der Waals surface area contributed by atoms with Gasteiger partial charge in [-0.1, -0.05) is 19.3 Å². The zero-order chi connectivity index (χ0) is 8.81. The Labute approximate surface area is 84.3 Å². The molecular formula is C9H22O5. The number of hydrogen-bond acceptors (Lipinski definition) is 3. The van der Waals surface area contributed by atoms with Crippen LogP contribution in [0.3, 0.4) is 0 Å². The van der Waals surface area contributed by atoms with Gasteiger partial charge in [-0.25, -0.2) is 0 Å². The fourth-order valence-electron chi connectivity index (χ4n) is 1.53. The maximum absolute atomic E-state index is 9.01. The number of aliphatic hydroxyl groups excluding tert-OH is 2. The van der Waals surface area contributed by atoms with Crippen LogP contribution < -0.4 is 0 Å². The highest BCUT2D eigenvalue weighted by molar-refractivity contribution is 4.65. The Kier molecular flexibility index (Phi) is 10.9. The highest BCUT2D eigenvalue weighted by Crippen LogP contribution is 2.20. The molecule has 5 nitrogen and oxygen atoms in total. The van der Waals surface area contributed by atoms with Crippen LogP contribution in [0.5, 0.6) is 0 Å². The van der Waals surface area contributed by atoms with Gasteiger partial charge in [-0.2, -0.15) is 0 Å². The lowest BCUT2D eigenvalue weighted by molar-refractivity contribution is -0.0396. The molecular weight excluding hydrogens is 188 g/mol. The number of ether oxygens (including phenoxy) is 1. The zero-order valence-electron chi connectivity index (χ0n) is 8.41. The molecule has 0 aliphatic heterocycles. The number of rotatable bonds is 4. The molecule has 1 unspecified atom stereocenters. The van der Waals surface area contributed by atoms with E-state index in [4.69, 9.17) is 14.9 Å². The summed E-state index contributed by atoms with van der Waals surface area (Å²) >= 11 is 0. The fourth-order valence-corrected chi connectivity index (χ4v) is 1.53. The average molecular weight is 210 g/mol. The van der Waals surface area contributed by atoms with E-state index in [1.54, 1.807) is 0 Å². The van der Waals surface area contributed by atoms with Crippen molar-refractivity contribution in [2.24, 2.45) is 0 Å². The van der Waals surface area contributed by atoms with Crippen molar-refractivity contribution >= 4 is 0 Å². The minimum atomic E-state index is -0.702. The monoisotopic (exact) mass is 210 g/mol. The molecule has 1 atom stereocenters. The number of hydrogen-bond donors (Lipinski definition) is 2. The van der Waals surface area contributed by atoms with Crippen molar-refractivity contribution in [3.05, 3.63) is 0 Å². The van der Waals surface area contributed by atoms with Gasteiger partial charge in [0.1, 0.15) is 6.10 Å². The molecule has 0 aromatic heterocycles. The molecule has 14 heavy (non-hydrogen) atoms. The molecule has 5 heteroatoms. The van der Waals surface area contributed by atoms with Crippen LogP contribution in [0.15, 0.2) is 0 Å². The van der Waals surface area contributed by atoms with Crippen molar-refractivity contribution in [3.63, 3.8) is 0 Å². The minimum Gasteiger partial charge on any atom is -0.412 e. The molecule has 0 aromatic rings. The van der Waals surface area contributed by atoms with Gasteiger partial charge in [0.25, 0.3) is 0 Å². The molecule has 0 spiro atoms. The molecule has 0 heterocycles. The molecule has 0 aromatic carbocycles. The van der Waals surface area contributed by atoms with Gasteiger partial charge in [0.05, 0.1) is 19.3 Å². The van der Waals surface area contributed by atoms with Crippen molar-refractivity contribution < 1.29 is 25.9 Å². The third-order valence-electron chi connectivity index (χ3n) is 2.29. The lowest BCUT2D eigenvalue weighted by Crippen LogP contribution is -2.25. The summed E-state index contributed by atoms with van der Waals surface area (Å²) < 4.78 is 5.43. The summed E-state index contributed by atoms with van der Waals surface area (Å²) in [4.78, 5) is 0. The molecule has 0 amide bonds. The van der Waals surface area contributed by atoms with Crippen molar-refractivity contribution in [1.82, 2.24) is 0 Å². The second-order valence-corrected chi connectivity index (χ2v) is 3.43. The van der Waals surface area contributed by atoms with Crippen molar-refractivity contribution in [1.29, 1.82) is 0 Å². The maximum Gasteiger partial charge on any atom is 0.100 e. The summed E-state index contributed by atoms with van der Waals surface area (Å²) in [5.74, 6) is 0. The third kappa shape index (κ3) is 6.28. The zero-order valence-corrected chi connectivity index (χ0v) is 8.41. The Bertz CT molecular complexity index is 114. The smallest absolute Gasteiger partial charge is 0.100 e. The van der Waals surface area contributed by atoms with Gasteiger partial charge in [-0.3, -0.25) is 0 Å². The van der Waals surface area contributed by atoms with Gasteiger partial charge in [-0.05, 0) is 12.8 Å². The normalized spacial score (nSPS) is 19.3. The summed E-state index contributed by atoms with van der Waals surface area (Å²) in [6, 6.07) is 0. The van der Waals surface area contributed by atoms with Crippen LogP contribution in [0, 0.1) is 0 Å². The Balaban J connectivity index is 0. The minimum absolute atomic E-state index is 0. The van der Waals surface area contributed by atoms with Crippen LogP contribution in [-0.4, -0.2) is 46.6 Å². The number of aliphatic hydroxyl groups is 2. The van der Waals surface area contributed by atoms with Crippen LogP contribution >= 0.6 is 0 Å². The highest BCUT2D eigenvalue weighted by atomic mass is 16.5. The molecule has 6 N–H and O–H groups in total. The van der Waals surface area contributed by atoms with Gasteiger partial charge in [-0.15, -0.1) is 0 Å². The van der Waals surface area contributed by atoms with Gasteiger partial charge in [0.15, 0.2) is 0 Å². The van der Waals surface area contributed by atoms with E-state index in [0.717, 1.165) is 12.8 Å². The fraction of sp³-hybridized carbons (Fsp3) is 1.00. The second-order valence-electron chi connectivity index (χ2n) is 3.43. The largest absolute Gasteiger partial charge is 0.412 e. The molecule has 0 radical (unpaired) electrons. The first-order valence-corrected chi connectivity index (χ1v) is 4.73. The van der Waals surface area contributed by atoms with Gasteiger partial charge < -0.3 is 25.9 Å². The Morgan fingerprint density at radius 2 is 1.71 bits per heavy atom. The van der Waals surface area contributed by atoms with E-state index in [1.807, 2.05) is 0 Å². The van der Waals surface area contributed by atoms with E-state index in [0.29, 0.717) is 6.10 Å². The third-order valence-corrected chi connectivity index (χ3v) is 2.29. The first-order chi connectivity index (χ1) is 5.83. The van der Waals surface area contributed by atoms with Crippen molar-refractivity contribution in [3.8, 4) is 0 Å². The van der Waals surface area contributed by atoms with Crippen LogP contribution in [0.25, 0.3) is 0 Å². The SMILES string of the molecule is O.O.OCC(O)COC1CCCCC1. The van der Waals surface area contributed by atoms with Gasteiger partial charge in [0.2, 0.25) is 0 Å². The molecule has 1 aliphatic carbocycles. The van der Waals surface area contributed by atoms with E-state index < -0.39 is 6.10 Å². The van der Waals surface area contributed by atoms with E-state index in [2.05, 4.69) is 0 Å². The summed E-state index contributed by atoms with van der Waals surface area (Å²) in [7, 11) is 0. The average Bonchev–Trinajstić information content (AvgIpc) is 2.16. The van der Waals surface area contributed by atoms with Gasteiger partial charge >= 0.3 is 0 Å². The Morgan fingerprint density at radius 1 is 1.14 bits per heavy atom. The molecule has 0 saturated heterocycles. The molecule has 1 saturated carbocycles. The van der Waals surface area contributed by atoms with Crippen LogP contribution in [-0.2, 0) is 4.74 Å². The first kappa shape index (κ1) is 16.2. The Morgan fingerprint density at radius 3 is 2.21 bits per heavy atom. The summed E-state index contributed by atoms with van der Waals surface area (Å²) in [6.07, 6.45) is 5.62. The van der Waals surface area contributed by atoms with E-state index in [-0.39, 0.29) is 24.2 Å². The quantitative estimate of drug-likeness (QED) is 0.623. The summed E-state index contributed by atoms with van der Waals surface area (Å²) in [6.45, 7) is 0.0773. The molecule has 1 rings (SSSR count). The molecule has 0 bridgehead atoms. The lowest BCUT2D eigenvalue weighted by atomic mass is 9.98. The summed E-state index contributed by atoms with van der Waals surface area (Å²) in [5.41, 5.74) is 0. The maximum atomic E-state index is 9.01. The predicted octanol–water partition coefficient (Wildman–Crippen LogP) is -0.960. The van der Waals surface area contributed by atoms with Crippen molar-refractivity contribution in [2.75, 3.05) is 13.2 Å². The second kappa shape index (κ2) is 9.36. The van der Waals surface area contributed by atoms with Gasteiger partial charge in [0, 0.05) is 0 Å². The lowest BCUT2D eigenvalue weighted by Gasteiger charge is -2.22. The standard InChI is InChI=1S/C9H18O3.2H2O/c10-6-8(11)7-12-9-4-2-1-3-5-9;;/h8-11H,1-7H2;2*1H2. The van der Waals surface area contributed by atoms with E-state index >= 15 is 0 Å². The summed E-state index contributed by atoms with van der Waals surface area (Å²) in [5, 5.41) is 17.5. The van der Waals surface area contributed by atoms with Crippen LogP contribution in [0.4, 0.5) is 0 Å². The van der Waals surface area contributed by atoms with Crippen molar-refractivity contribution in [2.45, 2.75) is 44.3 Å². The van der Waals surface area contributed by atoms with E-state index in [1.165, 1.54) is 19.3 Å². The first-order valence-electron chi connectivity index (χ1n) is 4.73. The van der Waals surface area contributed by atoms with Crippen LogP contribution in [0.2, 0.25) is 0 Å².